The van der Waals surface area contributed by atoms with Gasteiger partial charge in [-0.25, -0.2) is 0 Å². The number of halogens is 1. The Morgan fingerprint density at radius 3 is 2.81 bits per heavy atom. The van der Waals surface area contributed by atoms with Crippen LogP contribution in [0.2, 0.25) is 0 Å². The number of nitrogens with one attached hydrogen (secondary N) is 2. The molecule has 6 nitrogen and oxygen atoms in total. The molecule has 0 aliphatic heterocycles. The number of methoxy groups -OCH3 is 1. The molecular formula is C14H25IN4O2. The standard InChI is InChI=1S/C14H24N4O2.HI/c1-15-13(16-10-12-4-8-20-18-12)17-11-14(5-3-6-14)7-9-19-2;/h4,8H,3,5-7,9-11H2,1-2H3,(H2,15,16,17);1H. The molecule has 0 saturated heterocycles. The van der Waals surface area contributed by atoms with E-state index >= 15 is 0 Å². The van der Waals surface area contributed by atoms with Gasteiger partial charge in [0.25, 0.3) is 0 Å². The second-order valence-corrected chi connectivity index (χ2v) is 5.37. The Bertz CT molecular complexity index is 419. The highest BCUT2D eigenvalue weighted by atomic mass is 127. The molecule has 0 amide bonds. The summed E-state index contributed by atoms with van der Waals surface area (Å²) in [5.41, 5.74) is 1.24. The molecule has 2 N–H and O–H groups in total. The molecule has 1 aromatic heterocycles. The van der Waals surface area contributed by atoms with Gasteiger partial charge in [-0.05, 0) is 24.7 Å². The second-order valence-electron chi connectivity index (χ2n) is 5.37. The lowest BCUT2D eigenvalue weighted by Crippen LogP contribution is -2.46. The predicted octanol–water partition coefficient (Wildman–Crippen LogP) is 2.16. The third-order valence-corrected chi connectivity index (χ3v) is 4.03. The number of hydrogen-bond donors (Lipinski definition) is 2. The molecule has 1 aromatic rings. The highest BCUT2D eigenvalue weighted by Crippen LogP contribution is 2.43. The third kappa shape index (κ3) is 5.46. The first-order valence-electron chi connectivity index (χ1n) is 7.11. The van der Waals surface area contributed by atoms with Gasteiger partial charge in [-0.2, -0.15) is 0 Å². The molecule has 1 saturated carbocycles. The first-order valence-corrected chi connectivity index (χ1v) is 7.11. The molecule has 21 heavy (non-hydrogen) atoms. The van der Waals surface area contributed by atoms with Crippen molar-refractivity contribution in [2.45, 2.75) is 32.2 Å². The molecule has 1 aliphatic carbocycles. The molecule has 0 radical (unpaired) electrons. The van der Waals surface area contributed by atoms with Crippen LogP contribution in [0.3, 0.4) is 0 Å². The van der Waals surface area contributed by atoms with E-state index in [1.54, 1.807) is 20.4 Å². The van der Waals surface area contributed by atoms with E-state index in [9.17, 15) is 0 Å². The Morgan fingerprint density at radius 1 is 1.48 bits per heavy atom. The van der Waals surface area contributed by atoms with Crippen LogP contribution in [0.5, 0.6) is 0 Å². The summed E-state index contributed by atoms with van der Waals surface area (Å²) < 4.78 is 10.0. The van der Waals surface area contributed by atoms with Crippen LogP contribution < -0.4 is 10.6 Å². The summed E-state index contributed by atoms with van der Waals surface area (Å²) in [4.78, 5) is 4.23. The minimum atomic E-state index is 0. The van der Waals surface area contributed by atoms with E-state index < -0.39 is 0 Å². The summed E-state index contributed by atoms with van der Waals surface area (Å²) >= 11 is 0. The Labute approximate surface area is 143 Å². The van der Waals surface area contributed by atoms with Crippen LogP contribution in [0, 0.1) is 5.41 Å². The van der Waals surface area contributed by atoms with Gasteiger partial charge in [-0.1, -0.05) is 11.6 Å². The molecule has 1 heterocycles. The van der Waals surface area contributed by atoms with Crippen LogP contribution in [0.1, 0.15) is 31.4 Å². The fourth-order valence-corrected chi connectivity index (χ4v) is 2.51. The lowest BCUT2D eigenvalue weighted by atomic mass is 9.67. The number of ether oxygens (including phenoxy) is 1. The lowest BCUT2D eigenvalue weighted by molar-refractivity contribution is 0.0732. The van der Waals surface area contributed by atoms with Crippen molar-refractivity contribution in [1.29, 1.82) is 0 Å². The first kappa shape index (κ1) is 18.2. The monoisotopic (exact) mass is 408 g/mol. The van der Waals surface area contributed by atoms with E-state index in [1.165, 1.54) is 19.3 Å². The Morgan fingerprint density at radius 2 is 2.29 bits per heavy atom. The maximum Gasteiger partial charge on any atom is 0.191 e. The summed E-state index contributed by atoms with van der Waals surface area (Å²) in [5.74, 6) is 0.802. The van der Waals surface area contributed by atoms with Crippen LogP contribution in [0.4, 0.5) is 0 Å². The van der Waals surface area contributed by atoms with Crippen molar-refractivity contribution in [3.63, 3.8) is 0 Å². The van der Waals surface area contributed by atoms with Crippen molar-refractivity contribution < 1.29 is 9.26 Å². The number of aliphatic imine (C=N–C) groups is 1. The van der Waals surface area contributed by atoms with E-state index in [4.69, 9.17) is 9.26 Å². The molecule has 2 rings (SSSR count). The van der Waals surface area contributed by atoms with Crippen molar-refractivity contribution in [3.05, 3.63) is 18.0 Å². The summed E-state index contributed by atoms with van der Waals surface area (Å²) in [6.45, 7) is 2.38. The van der Waals surface area contributed by atoms with E-state index in [0.29, 0.717) is 12.0 Å². The molecule has 0 atom stereocenters. The van der Waals surface area contributed by atoms with Gasteiger partial charge < -0.3 is 19.9 Å². The molecule has 1 aliphatic rings. The van der Waals surface area contributed by atoms with Crippen molar-refractivity contribution >= 4 is 29.9 Å². The summed E-state index contributed by atoms with van der Waals surface area (Å²) in [7, 11) is 3.54. The molecule has 0 spiro atoms. The quantitative estimate of drug-likeness (QED) is 0.411. The Kier molecular flexibility index (Phi) is 8.02. The van der Waals surface area contributed by atoms with E-state index in [1.807, 2.05) is 6.07 Å². The zero-order valence-electron chi connectivity index (χ0n) is 12.7. The van der Waals surface area contributed by atoms with E-state index in [2.05, 4.69) is 20.8 Å². The van der Waals surface area contributed by atoms with Crippen molar-refractivity contribution in [2.75, 3.05) is 27.3 Å². The highest BCUT2D eigenvalue weighted by molar-refractivity contribution is 14.0. The van der Waals surface area contributed by atoms with Gasteiger partial charge in [0, 0.05) is 33.4 Å². The summed E-state index contributed by atoms with van der Waals surface area (Å²) in [5, 5.41) is 10.5. The van der Waals surface area contributed by atoms with Crippen molar-refractivity contribution in [1.82, 2.24) is 15.8 Å². The topological polar surface area (TPSA) is 71.7 Å². The average Bonchev–Trinajstić information content (AvgIpc) is 2.93. The van der Waals surface area contributed by atoms with Crippen molar-refractivity contribution in [3.8, 4) is 0 Å². The van der Waals surface area contributed by atoms with Crippen molar-refractivity contribution in [2.24, 2.45) is 10.4 Å². The normalized spacial score (nSPS) is 16.8. The minimum absolute atomic E-state index is 0. The Hall–Kier alpha value is -0.830. The largest absolute Gasteiger partial charge is 0.385 e. The molecule has 120 valence electrons. The van der Waals surface area contributed by atoms with Crippen LogP contribution in [0.15, 0.2) is 21.8 Å². The zero-order valence-corrected chi connectivity index (χ0v) is 15.1. The summed E-state index contributed by atoms with van der Waals surface area (Å²) in [6, 6.07) is 1.84. The number of rotatable bonds is 7. The maximum absolute atomic E-state index is 5.21. The zero-order chi connectivity index (χ0) is 14.3. The number of hydrogen-bond acceptors (Lipinski definition) is 4. The van der Waals surface area contributed by atoms with Gasteiger partial charge in [0.2, 0.25) is 0 Å². The van der Waals surface area contributed by atoms with Crippen LogP contribution in [-0.4, -0.2) is 38.4 Å². The Balaban J connectivity index is 0.00000220. The number of aromatic nitrogens is 1. The smallest absolute Gasteiger partial charge is 0.191 e. The van der Waals surface area contributed by atoms with Crippen LogP contribution in [0.25, 0.3) is 0 Å². The molecule has 1 fully saturated rings. The molecule has 0 bridgehead atoms. The summed E-state index contributed by atoms with van der Waals surface area (Å²) in [6.07, 6.45) is 6.53. The fraction of sp³-hybridized carbons (Fsp3) is 0.714. The maximum atomic E-state index is 5.21. The minimum Gasteiger partial charge on any atom is -0.385 e. The number of nitrogens with zero attached hydrogens (tertiary/aromatic N) is 2. The predicted molar refractivity (Wildman–Crippen MR) is 92.9 cm³/mol. The van der Waals surface area contributed by atoms with Gasteiger partial charge in [0.15, 0.2) is 5.96 Å². The fourth-order valence-electron chi connectivity index (χ4n) is 2.51. The highest BCUT2D eigenvalue weighted by Gasteiger charge is 2.36. The SMILES string of the molecule is CN=C(NCc1ccon1)NCC1(CCOC)CCC1.I. The molecule has 0 unspecified atom stereocenters. The lowest BCUT2D eigenvalue weighted by Gasteiger charge is -2.42. The second kappa shape index (κ2) is 9.24. The number of guanidine groups is 1. The third-order valence-electron chi connectivity index (χ3n) is 4.03. The van der Waals surface area contributed by atoms with Gasteiger partial charge in [-0.15, -0.1) is 24.0 Å². The van der Waals surface area contributed by atoms with Gasteiger partial charge in [0.1, 0.15) is 12.0 Å². The van der Waals surface area contributed by atoms with Crippen LogP contribution in [-0.2, 0) is 11.3 Å². The average molecular weight is 408 g/mol. The molecule has 7 heteroatoms. The van der Waals surface area contributed by atoms with Gasteiger partial charge >= 0.3 is 0 Å². The molecular weight excluding hydrogens is 383 g/mol. The van der Waals surface area contributed by atoms with Gasteiger partial charge in [0.05, 0.1) is 6.54 Å². The molecule has 0 aromatic carbocycles. The van der Waals surface area contributed by atoms with E-state index in [0.717, 1.165) is 31.2 Å². The van der Waals surface area contributed by atoms with E-state index in [-0.39, 0.29) is 24.0 Å². The first-order chi connectivity index (χ1) is 9.78. The van der Waals surface area contributed by atoms with Gasteiger partial charge in [-0.3, -0.25) is 4.99 Å². The van der Waals surface area contributed by atoms with Crippen LogP contribution >= 0.6 is 24.0 Å².